The van der Waals surface area contributed by atoms with Gasteiger partial charge < -0.3 is 11.1 Å². The Morgan fingerprint density at radius 3 is 2.74 bits per heavy atom. The fourth-order valence-electron chi connectivity index (χ4n) is 2.25. The van der Waals surface area contributed by atoms with Crippen molar-refractivity contribution in [1.29, 1.82) is 0 Å². The summed E-state index contributed by atoms with van der Waals surface area (Å²) in [6.07, 6.45) is -1.42. The maximum atomic E-state index is 12.2. The number of nitrogens with zero attached hydrogens (tertiary/aromatic N) is 1. The molecule has 0 radical (unpaired) electrons. The molecular formula is C12H22F3N3O. The summed E-state index contributed by atoms with van der Waals surface area (Å²) in [7, 11) is 0. The van der Waals surface area contributed by atoms with Crippen molar-refractivity contribution in [1.82, 2.24) is 10.2 Å². The number of carbonyl (C=O) groups is 1. The lowest BCUT2D eigenvalue weighted by Crippen LogP contribution is -2.34. The van der Waals surface area contributed by atoms with Gasteiger partial charge in [0.2, 0.25) is 5.91 Å². The van der Waals surface area contributed by atoms with Gasteiger partial charge in [-0.1, -0.05) is 0 Å². The predicted octanol–water partition coefficient (Wildman–Crippen LogP) is 1.12. The van der Waals surface area contributed by atoms with E-state index >= 15 is 0 Å². The Morgan fingerprint density at radius 2 is 2.11 bits per heavy atom. The van der Waals surface area contributed by atoms with Gasteiger partial charge in [0.05, 0.1) is 6.54 Å². The zero-order chi connectivity index (χ0) is 14.3. The standard InChI is InChI=1S/C12H22F3N3O/c13-12(14,15)9-18-6-4-10(8-18)7-17-11(19)3-1-2-5-16/h10H,1-9,16H2,(H,17,19). The SMILES string of the molecule is NCCCCC(=O)NCC1CCN(CC(F)(F)F)C1. The molecule has 1 aliphatic rings. The van der Waals surface area contributed by atoms with Crippen molar-refractivity contribution in [2.75, 3.05) is 32.7 Å². The second-order valence-corrected chi connectivity index (χ2v) is 5.05. The molecule has 0 aromatic carbocycles. The summed E-state index contributed by atoms with van der Waals surface area (Å²) in [5.41, 5.74) is 5.32. The number of likely N-dealkylation sites (tertiary alicyclic amines) is 1. The van der Waals surface area contributed by atoms with Gasteiger partial charge in [0, 0.05) is 19.5 Å². The summed E-state index contributed by atoms with van der Waals surface area (Å²) in [6, 6.07) is 0. The van der Waals surface area contributed by atoms with Crippen molar-refractivity contribution in [3.8, 4) is 0 Å². The molecule has 4 nitrogen and oxygen atoms in total. The van der Waals surface area contributed by atoms with Crippen molar-refractivity contribution < 1.29 is 18.0 Å². The molecule has 1 heterocycles. The molecule has 1 saturated heterocycles. The van der Waals surface area contributed by atoms with E-state index in [1.54, 1.807) is 0 Å². The van der Waals surface area contributed by atoms with Crippen LogP contribution >= 0.6 is 0 Å². The molecule has 0 saturated carbocycles. The van der Waals surface area contributed by atoms with Crippen LogP contribution in [0.1, 0.15) is 25.7 Å². The number of carbonyl (C=O) groups excluding carboxylic acids is 1. The van der Waals surface area contributed by atoms with Crippen molar-refractivity contribution in [3.63, 3.8) is 0 Å². The highest BCUT2D eigenvalue weighted by Gasteiger charge is 2.34. The first kappa shape index (κ1) is 16.2. The lowest BCUT2D eigenvalue weighted by molar-refractivity contribution is -0.143. The molecule has 0 aromatic heterocycles. The highest BCUT2D eigenvalue weighted by molar-refractivity contribution is 5.75. The van der Waals surface area contributed by atoms with E-state index in [-0.39, 0.29) is 11.8 Å². The molecule has 0 spiro atoms. The van der Waals surface area contributed by atoms with Gasteiger partial charge >= 0.3 is 6.18 Å². The van der Waals surface area contributed by atoms with E-state index in [4.69, 9.17) is 5.73 Å². The third-order valence-electron chi connectivity index (χ3n) is 3.22. The maximum absolute atomic E-state index is 12.2. The second-order valence-electron chi connectivity index (χ2n) is 5.05. The normalized spacial score (nSPS) is 20.7. The molecule has 1 atom stereocenters. The summed E-state index contributed by atoms with van der Waals surface area (Å²) >= 11 is 0. The van der Waals surface area contributed by atoms with Crippen LogP contribution < -0.4 is 11.1 Å². The quantitative estimate of drug-likeness (QED) is 0.687. The summed E-state index contributed by atoms with van der Waals surface area (Å²) in [5, 5.41) is 2.78. The number of halogens is 3. The highest BCUT2D eigenvalue weighted by atomic mass is 19.4. The Morgan fingerprint density at radius 1 is 1.37 bits per heavy atom. The van der Waals surface area contributed by atoms with Crippen LogP contribution in [0.25, 0.3) is 0 Å². The summed E-state index contributed by atoms with van der Waals surface area (Å²) < 4.78 is 36.6. The van der Waals surface area contributed by atoms with Crippen molar-refractivity contribution in [2.45, 2.75) is 31.9 Å². The van der Waals surface area contributed by atoms with Crippen LogP contribution in [0.15, 0.2) is 0 Å². The second kappa shape index (κ2) is 7.69. The number of hydrogen-bond acceptors (Lipinski definition) is 3. The topological polar surface area (TPSA) is 58.4 Å². The van der Waals surface area contributed by atoms with Gasteiger partial charge in [0.15, 0.2) is 0 Å². The predicted molar refractivity (Wildman–Crippen MR) is 66.5 cm³/mol. The number of amides is 1. The first-order valence-corrected chi connectivity index (χ1v) is 6.66. The number of nitrogens with two attached hydrogens (primary N) is 1. The third-order valence-corrected chi connectivity index (χ3v) is 3.22. The zero-order valence-corrected chi connectivity index (χ0v) is 11.0. The molecule has 1 rings (SSSR count). The third kappa shape index (κ3) is 7.37. The van der Waals surface area contributed by atoms with Crippen molar-refractivity contribution in [2.24, 2.45) is 11.7 Å². The molecule has 1 unspecified atom stereocenters. The maximum Gasteiger partial charge on any atom is 0.401 e. The highest BCUT2D eigenvalue weighted by Crippen LogP contribution is 2.22. The number of nitrogens with one attached hydrogen (secondary N) is 1. The van der Waals surface area contributed by atoms with Crippen LogP contribution in [0.4, 0.5) is 13.2 Å². The zero-order valence-electron chi connectivity index (χ0n) is 11.0. The Bertz CT molecular complexity index is 284. The average molecular weight is 281 g/mol. The van der Waals surface area contributed by atoms with Crippen molar-refractivity contribution in [3.05, 3.63) is 0 Å². The lowest BCUT2D eigenvalue weighted by Gasteiger charge is -2.18. The van der Waals surface area contributed by atoms with Gasteiger partial charge in [-0.2, -0.15) is 13.2 Å². The number of hydrogen-bond donors (Lipinski definition) is 2. The molecule has 0 bridgehead atoms. The minimum absolute atomic E-state index is 0.0391. The molecule has 1 fully saturated rings. The molecule has 3 N–H and O–H groups in total. The van der Waals surface area contributed by atoms with E-state index in [0.717, 1.165) is 12.8 Å². The van der Waals surface area contributed by atoms with E-state index in [2.05, 4.69) is 5.32 Å². The van der Waals surface area contributed by atoms with Crippen molar-refractivity contribution >= 4 is 5.91 Å². The van der Waals surface area contributed by atoms with Crippen LogP contribution in [0.2, 0.25) is 0 Å². The number of unbranched alkanes of at least 4 members (excludes halogenated alkanes) is 1. The average Bonchev–Trinajstić information content (AvgIpc) is 2.72. The van der Waals surface area contributed by atoms with E-state index in [1.807, 2.05) is 0 Å². The molecule has 19 heavy (non-hydrogen) atoms. The van der Waals surface area contributed by atoms with E-state index in [1.165, 1.54) is 4.90 Å². The Kier molecular flexibility index (Phi) is 6.57. The molecule has 1 aliphatic heterocycles. The Balaban J connectivity index is 2.13. The Labute approximate surface area is 111 Å². The fraction of sp³-hybridized carbons (Fsp3) is 0.917. The summed E-state index contributed by atoms with van der Waals surface area (Å²) in [5.74, 6) is 0.0866. The van der Waals surface area contributed by atoms with E-state index < -0.39 is 12.7 Å². The minimum Gasteiger partial charge on any atom is -0.356 e. The van der Waals surface area contributed by atoms with E-state index in [0.29, 0.717) is 39.0 Å². The minimum atomic E-state index is -4.14. The summed E-state index contributed by atoms with van der Waals surface area (Å²) in [6.45, 7) is 1.04. The monoisotopic (exact) mass is 281 g/mol. The van der Waals surface area contributed by atoms with Gasteiger partial charge in [-0.25, -0.2) is 0 Å². The number of alkyl halides is 3. The lowest BCUT2D eigenvalue weighted by atomic mass is 10.1. The van der Waals surface area contributed by atoms with Crippen LogP contribution in [0.5, 0.6) is 0 Å². The van der Waals surface area contributed by atoms with Gasteiger partial charge in [-0.05, 0) is 38.3 Å². The van der Waals surface area contributed by atoms with Crippen LogP contribution in [-0.4, -0.2) is 49.7 Å². The number of rotatable bonds is 7. The van der Waals surface area contributed by atoms with Gasteiger partial charge in [0.25, 0.3) is 0 Å². The molecule has 0 aromatic rings. The van der Waals surface area contributed by atoms with E-state index in [9.17, 15) is 18.0 Å². The Hall–Kier alpha value is -0.820. The van der Waals surface area contributed by atoms with Crippen LogP contribution in [0.3, 0.4) is 0 Å². The fourth-order valence-corrected chi connectivity index (χ4v) is 2.25. The molecule has 1 amide bonds. The van der Waals surface area contributed by atoms with Crippen LogP contribution in [-0.2, 0) is 4.79 Å². The molecular weight excluding hydrogens is 259 g/mol. The first-order chi connectivity index (χ1) is 8.90. The molecule has 7 heteroatoms. The smallest absolute Gasteiger partial charge is 0.356 e. The van der Waals surface area contributed by atoms with Crippen LogP contribution in [0, 0.1) is 5.92 Å². The largest absolute Gasteiger partial charge is 0.401 e. The summed E-state index contributed by atoms with van der Waals surface area (Å²) in [4.78, 5) is 12.8. The van der Waals surface area contributed by atoms with Gasteiger partial charge in [-0.3, -0.25) is 9.69 Å². The molecule has 0 aliphatic carbocycles. The van der Waals surface area contributed by atoms with Gasteiger partial charge in [0.1, 0.15) is 0 Å². The molecule has 112 valence electrons. The first-order valence-electron chi connectivity index (χ1n) is 6.66. The van der Waals surface area contributed by atoms with Gasteiger partial charge in [-0.15, -0.1) is 0 Å².